The van der Waals surface area contributed by atoms with Crippen molar-refractivity contribution in [1.29, 1.82) is 0 Å². The van der Waals surface area contributed by atoms with Gasteiger partial charge in [-0.05, 0) is 49.2 Å². The van der Waals surface area contributed by atoms with E-state index < -0.39 is 11.9 Å². The van der Waals surface area contributed by atoms with E-state index in [1.807, 2.05) is 68.4 Å². The molecular formula is C27H28Cl2N2O4. The normalized spacial score (nSPS) is 11.6. The molecule has 1 atom stereocenters. The SMILES string of the molecule is CNC(=O)C(Cc1ccc(OCc2ccccc2)cc1)NC(=O)c1ccc(OC(C)C)c(Cl)c1Cl. The molecule has 0 spiro atoms. The zero-order valence-corrected chi connectivity index (χ0v) is 21.3. The van der Waals surface area contributed by atoms with E-state index in [1.54, 1.807) is 6.07 Å². The van der Waals surface area contributed by atoms with Gasteiger partial charge in [0, 0.05) is 13.5 Å². The van der Waals surface area contributed by atoms with Crippen LogP contribution in [-0.4, -0.2) is 31.0 Å². The summed E-state index contributed by atoms with van der Waals surface area (Å²) in [6.07, 6.45) is 0.181. The fraction of sp³-hybridized carbons (Fsp3) is 0.259. The zero-order chi connectivity index (χ0) is 25.4. The van der Waals surface area contributed by atoms with Crippen molar-refractivity contribution in [3.8, 4) is 11.5 Å². The minimum atomic E-state index is -0.815. The molecule has 0 saturated heterocycles. The number of carbonyl (C=O) groups is 2. The Morgan fingerprint density at radius 2 is 1.57 bits per heavy atom. The van der Waals surface area contributed by atoms with E-state index in [2.05, 4.69) is 10.6 Å². The average molecular weight is 515 g/mol. The fourth-order valence-corrected chi connectivity index (χ4v) is 3.82. The van der Waals surface area contributed by atoms with Crippen LogP contribution in [0.1, 0.15) is 35.3 Å². The van der Waals surface area contributed by atoms with E-state index in [0.29, 0.717) is 18.1 Å². The molecule has 0 bridgehead atoms. The highest BCUT2D eigenvalue weighted by Crippen LogP contribution is 2.35. The Labute approximate surface area is 215 Å². The van der Waals surface area contributed by atoms with E-state index in [4.69, 9.17) is 32.7 Å². The summed E-state index contributed by atoms with van der Waals surface area (Å²) >= 11 is 12.6. The zero-order valence-electron chi connectivity index (χ0n) is 19.8. The molecule has 3 rings (SSSR count). The number of benzene rings is 3. The Hall–Kier alpha value is -3.22. The van der Waals surface area contributed by atoms with Gasteiger partial charge in [0.1, 0.15) is 29.2 Å². The van der Waals surface area contributed by atoms with Crippen molar-refractivity contribution in [2.45, 2.75) is 39.0 Å². The Morgan fingerprint density at radius 1 is 0.886 bits per heavy atom. The number of ether oxygens (including phenoxy) is 2. The van der Waals surface area contributed by atoms with Gasteiger partial charge in [-0.2, -0.15) is 0 Å². The minimum Gasteiger partial charge on any atom is -0.489 e. The summed E-state index contributed by atoms with van der Waals surface area (Å²) in [6, 6.07) is 19.6. The largest absolute Gasteiger partial charge is 0.489 e. The molecule has 2 N–H and O–H groups in total. The molecule has 3 aromatic rings. The number of likely N-dealkylation sites (N-methyl/N-ethyl adjacent to an activating group) is 1. The van der Waals surface area contributed by atoms with Gasteiger partial charge < -0.3 is 20.1 Å². The Balaban J connectivity index is 1.68. The van der Waals surface area contributed by atoms with E-state index in [-0.39, 0.29) is 34.0 Å². The topological polar surface area (TPSA) is 76.7 Å². The first-order valence-corrected chi connectivity index (χ1v) is 12.0. The molecule has 0 aliphatic rings. The predicted molar refractivity (Wildman–Crippen MR) is 138 cm³/mol. The predicted octanol–water partition coefficient (Wildman–Crippen LogP) is 5.45. The quantitative estimate of drug-likeness (QED) is 0.377. The maximum Gasteiger partial charge on any atom is 0.253 e. The summed E-state index contributed by atoms with van der Waals surface area (Å²) in [5.74, 6) is 0.262. The van der Waals surface area contributed by atoms with E-state index in [0.717, 1.165) is 11.1 Å². The maximum atomic E-state index is 13.0. The number of carbonyl (C=O) groups excluding carboxylic acids is 2. The third-order valence-corrected chi connectivity index (χ3v) is 6.00. The van der Waals surface area contributed by atoms with Crippen LogP contribution in [0.5, 0.6) is 11.5 Å². The molecule has 0 saturated carbocycles. The standard InChI is InChI=1S/C27H28Cl2N2O4/c1-17(2)35-23-14-13-21(24(28)25(23)29)26(32)31-22(27(33)30-3)15-18-9-11-20(12-10-18)34-16-19-7-5-4-6-8-19/h4-14,17,22H,15-16H2,1-3H3,(H,30,33)(H,31,32). The summed E-state index contributed by atoms with van der Waals surface area (Å²) in [5, 5.41) is 5.56. The summed E-state index contributed by atoms with van der Waals surface area (Å²) in [6.45, 7) is 4.18. The molecule has 35 heavy (non-hydrogen) atoms. The molecule has 0 aliphatic carbocycles. The fourth-order valence-electron chi connectivity index (χ4n) is 3.37. The second-order valence-corrected chi connectivity index (χ2v) is 8.92. The first-order chi connectivity index (χ1) is 16.8. The third kappa shape index (κ3) is 7.38. The van der Waals surface area contributed by atoms with Gasteiger partial charge in [-0.3, -0.25) is 9.59 Å². The lowest BCUT2D eigenvalue weighted by Crippen LogP contribution is -2.47. The van der Waals surface area contributed by atoms with Crippen LogP contribution in [0.25, 0.3) is 0 Å². The van der Waals surface area contributed by atoms with Gasteiger partial charge in [-0.25, -0.2) is 0 Å². The van der Waals surface area contributed by atoms with E-state index in [9.17, 15) is 9.59 Å². The second kappa shape index (κ2) is 12.5. The number of hydrogen-bond acceptors (Lipinski definition) is 4. The molecule has 0 aliphatic heterocycles. The van der Waals surface area contributed by atoms with Crippen LogP contribution in [0.3, 0.4) is 0 Å². The molecule has 8 heteroatoms. The van der Waals surface area contributed by atoms with Crippen LogP contribution in [0, 0.1) is 0 Å². The van der Waals surface area contributed by atoms with Gasteiger partial charge in [-0.15, -0.1) is 0 Å². The summed E-state index contributed by atoms with van der Waals surface area (Å²) in [5.41, 5.74) is 2.09. The number of hydrogen-bond donors (Lipinski definition) is 2. The number of nitrogens with one attached hydrogen (secondary N) is 2. The van der Waals surface area contributed by atoms with Crippen molar-refractivity contribution in [3.05, 3.63) is 93.5 Å². The molecule has 0 fully saturated rings. The number of rotatable bonds is 10. The average Bonchev–Trinajstić information content (AvgIpc) is 2.86. The van der Waals surface area contributed by atoms with Crippen molar-refractivity contribution in [1.82, 2.24) is 10.6 Å². The van der Waals surface area contributed by atoms with Crippen molar-refractivity contribution in [2.75, 3.05) is 7.05 Å². The number of halogens is 2. The van der Waals surface area contributed by atoms with Crippen LogP contribution >= 0.6 is 23.2 Å². The maximum absolute atomic E-state index is 13.0. The van der Waals surface area contributed by atoms with E-state index >= 15 is 0 Å². The molecule has 0 radical (unpaired) electrons. The Morgan fingerprint density at radius 3 is 2.20 bits per heavy atom. The highest BCUT2D eigenvalue weighted by atomic mass is 35.5. The van der Waals surface area contributed by atoms with Crippen LogP contribution in [-0.2, 0) is 17.8 Å². The van der Waals surface area contributed by atoms with Crippen molar-refractivity contribution >= 4 is 35.0 Å². The minimum absolute atomic E-state index is 0.0675. The smallest absolute Gasteiger partial charge is 0.253 e. The van der Waals surface area contributed by atoms with E-state index in [1.165, 1.54) is 13.1 Å². The van der Waals surface area contributed by atoms with Crippen LogP contribution in [0.15, 0.2) is 66.7 Å². The highest BCUT2D eigenvalue weighted by Gasteiger charge is 2.24. The van der Waals surface area contributed by atoms with Gasteiger partial charge in [-0.1, -0.05) is 65.7 Å². The van der Waals surface area contributed by atoms with Gasteiger partial charge in [0.2, 0.25) is 5.91 Å². The van der Waals surface area contributed by atoms with Crippen LogP contribution in [0.4, 0.5) is 0 Å². The second-order valence-electron chi connectivity index (χ2n) is 8.17. The third-order valence-electron chi connectivity index (χ3n) is 5.13. The molecule has 1 unspecified atom stereocenters. The van der Waals surface area contributed by atoms with Gasteiger partial charge in [0.25, 0.3) is 5.91 Å². The van der Waals surface area contributed by atoms with Crippen molar-refractivity contribution < 1.29 is 19.1 Å². The van der Waals surface area contributed by atoms with Gasteiger partial charge in [0.05, 0.1) is 16.7 Å². The Bertz CT molecular complexity index is 1150. The molecule has 0 aromatic heterocycles. The van der Waals surface area contributed by atoms with Crippen molar-refractivity contribution in [3.63, 3.8) is 0 Å². The summed E-state index contributed by atoms with van der Waals surface area (Å²) in [4.78, 5) is 25.5. The summed E-state index contributed by atoms with van der Waals surface area (Å²) in [7, 11) is 1.52. The first kappa shape index (κ1) is 26.4. The molecule has 6 nitrogen and oxygen atoms in total. The number of amides is 2. The first-order valence-electron chi connectivity index (χ1n) is 11.2. The summed E-state index contributed by atoms with van der Waals surface area (Å²) < 4.78 is 11.4. The Kier molecular flexibility index (Phi) is 9.40. The lowest BCUT2D eigenvalue weighted by Gasteiger charge is -2.19. The highest BCUT2D eigenvalue weighted by molar-refractivity contribution is 6.44. The lowest BCUT2D eigenvalue weighted by atomic mass is 10.0. The van der Waals surface area contributed by atoms with Crippen LogP contribution < -0.4 is 20.1 Å². The molecular weight excluding hydrogens is 487 g/mol. The molecule has 2 amide bonds. The molecule has 0 heterocycles. The molecule has 184 valence electrons. The lowest BCUT2D eigenvalue weighted by molar-refractivity contribution is -0.122. The van der Waals surface area contributed by atoms with Gasteiger partial charge >= 0.3 is 0 Å². The van der Waals surface area contributed by atoms with Gasteiger partial charge in [0.15, 0.2) is 0 Å². The van der Waals surface area contributed by atoms with Crippen molar-refractivity contribution in [2.24, 2.45) is 0 Å². The molecule has 3 aromatic carbocycles. The van der Waals surface area contributed by atoms with Crippen LogP contribution in [0.2, 0.25) is 10.0 Å². The monoisotopic (exact) mass is 514 g/mol.